The van der Waals surface area contributed by atoms with Crippen LogP contribution in [0.5, 0.6) is 0 Å². The van der Waals surface area contributed by atoms with Crippen molar-refractivity contribution < 1.29 is 18.9 Å². The Bertz CT molecular complexity index is 709. The molecule has 2 amide bonds. The van der Waals surface area contributed by atoms with Gasteiger partial charge < -0.3 is 9.73 Å². The highest BCUT2D eigenvalue weighted by molar-refractivity contribution is 6.09. The molecule has 2 aromatic rings. The number of carbonyl (C=O) groups excluding carboxylic acids is 2. The van der Waals surface area contributed by atoms with Crippen LogP contribution < -0.4 is 10.6 Å². The first kappa shape index (κ1) is 14.2. The average Bonchev–Trinajstić information content (AvgIpc) is 2.87. The number of hydrogen-bond acceptors (Lipinski definition) is 6. The Morgan fingerprint density at radius 1 is 1.29 bits per heavy atom. The zero-order chi connectivity index (χ0) is 15.4. The summed E-state index contributed by atoms with van der Waals surface area (Å²) >= 11 is 0. The van der Waals surface area contributed by atoms with Crippen molar-refractivity contribution >= 4 is 29.4 Å². The number of nitrogens with zero attached hydrogens (tertiary/aromatic N) is 2. The van der Waals surface area contributed by atoms with E-state index >= 15 is 0 Å². The van der Waals surface area contributed by atoms with Gasteiger partial charge >= 0.3 is 11.9 Å². The summed E-state index contributed by atoms with van der Waals surface area (Å²) in [7, 11) is 0. The average molecular weight is 290 g/mol. The summed E-state index contributed by atoms with van der Waals surface area (Å²) in [6, 6.07) is 5.99. The number of benzene rings is 1. The molecule has 0 saturated carbocycles. The topological polar surface area (TPSA) is 127 Å². The van der Waals surface area contributed by atoms with E-state index in [1.54, 1.807) is 18.2 Å². The molecule has 0 aliphatic heterocycles. The van der Waals surface area contributed by atoms with Crippen molar-refractivity contribution in [3.63, 3.8) is 0 Å². The number of oxazole rings is 1. The van der Waals surface area contributed by atoms with Gasteiger partial charge in [-0.2, -0.15) is 4.98 Å². The van der Waals surface area contributed by atoms with Crippen molar-refractivity contribution in [3.8, 4) is 0 Å². The molecular formula is C12H10N4O5. The standard InChI is InChI=1S/C12H10N4O5/c1-7(17)14-9-5-3-2-4-8(9)11(18)15-12-13-6-10(21-12)16(19)20/h2-6H,1H3,(H,14,17)(H,13,15,18). The maximum Gasteiger partial charge on any atom is 0.454 e. The Morgan fingerprint density at radius 3 is 2.62 bits per heavy atom. The van der Waals surface area contributed by atoms with Gasteiger partial charge in [0, 0.05) is 6.92 Å². The molecule has 1 aromatic carbocycles. The number of carbonyl (C=O) groups is 2. The Kier molecular flexibility index (Phi) is 3.93. The van der Waals surface area contributed by atoms with Gasteiger partial charge in [-0.1, -0.05) is 12.1 Å². The van der Waals surface area contributed by atoms with Crippen LogP contribution in [0.25, 0.3) is 0 Å². The lowest BCUT2D eigenvalue weighted by Gasteiger charge is -2.08. The minimum absolute atomic E-state index is 0.175. The molecule has 0 atom stereocenters. The Morgan fingerprint density at radius 2 is 2.00 bits per heavy atom. The molecule has 1 heterocycles. The van der Waals surface area contributed by atoms with Gasteiger partial charge in [-0.25, -0.2) is 0 Å². The van der Waals surface area contributed by atoms with Gasteiger partial charge in [-0.15, -0.1) is 0 Å². The van der Waals surface area contributed by atoms with Gasteiger partial charge in [0.05, 0.1) is 11.3 Å². The number of nitro groups is 1. The summed E-state index contributed by atoms with van der Waals surface area (Å²) in [5.41, 5.74) is 0.483. The minimum Gasteiger partial charge on any atom is -0.365 e. The van der Waals surface area contributed by atoms with E-state index in [0.29, 0.717) is 5.69 Å². The highest BCUT2D eigenvalue weighted by Crippen LogP contribution is 2.19. The molecule has 2 rings (SSSR count). The normalized spacial score (nSPS) is 9.95. The third-order valence-electron chi connectivity index (χ3n) is 2.38. The van der Waals surface area contributed by atoms with Crippen molar-refractivity contribution in [2.45, 2.75) is 6.92 Å². The summed E-state index contributed by atoms with van der Waals surface area (Å²) in [6.07, 6.45) is 0.884. The quantitative estimate of drug-likeness (QED) is 0.652. The highest BCUT2D eigenvalue weighted by atomic mass is 16.6. The first-order valence-corrected chi connectivity index (χ1v) is 5.75. The van der Waals surface area contributed by atoms with E-state index in [1.807, 2.05) is 0 Å². The molecule has 0 saturated heterocycles. The van der Waals surface area contributed by atoms with Crippen LogP contribution in [0.3, 0.4) is 0 Å². The summed E-state index contributed by atoms with van der Waals surface area (Å²) < 4.78 is 4.73. The van der Waals surface area contributed by atoms with Crippen LogP contribution >= 0.6 is 0 Å². The van der Waals surface area contributed by atoms with E-state index in [0.717, 1.165) is 6.20 Å². The molecule has 9 heteroatoms. The van der Waals surface area contributed by atoms with Crippen LogP contribution in [0.1, 0.15) is 17.3 Å². The molecule has 0 aliphatic carbocycles. The predicted octanol–water partition coefficient (Wildman–Crippen LogP) is 1.79. The monoisotopic (exact) mass is 290 g/mol. The number of aromatic nitrogens is 1. The molecule has 0 radical (unpaired) electrons. The summed E-state index contributed by atoms with van der Waals surface area (Å²) in [6.45, 7) is 1.31. The number of rotatable bonds is 4. The molecule has 2 N–H and O–H groups in total. The predicted molar refractivity (Wildman–Crippen MR) is 71.9 cm³/mol. The second kappa shape index (κ2) is 5.82. The SMILES string of the molecule is CC(=O)Nc1ccccc1C(=O)Nc1ncc([N+](=O)[O-])o1. The van der Waals surface area contributed by atoms with Crippen LogP contribution in [0.15, 0.2) is 34.9 Å². The van der Waals surface area contributed by atoms with Gasteiger partial charge in [0.2, 0.25) is 5.91 Å². The van der Waals surface area contributed by atoms with E-state index in [2.05, 4.69) is 15.6 Å². The molecule has 21 heavy (non-hydrogen) atoms. The van der Waals surface area contributed by atoms with E-state index in [1.165, 1.54) is 13.0 Å². The summed E-state index contributed by atoms with van der Waals surface area (Å²) in [4.78, 5) is 36.4. The highest BCUT2D eigenvalue weighted by Gasteiger charge is 2.18. The van der Waals surface area contributed by atoms with E-state index in [4.69, 9.17) is 4.42 Å². The van der Waals surface area contributed by atoms with E-state index in [-0.39, 0.29) is 17.5 Å². The van der Waals surface area contributed by atoms with E-state index < -0.39 is 16.7 Å². The van der Waals surface area contributed by atoms with Gasteiger partial charge in [-0.3, -0.25) is 25.0 Å². The number of anilines is 2. The molecule has 0 aliphatic rings. The number of hydrogen-bond donors (Lipinski definition) is 2. The fourth-order valence-corrected chi connectivity index (χ4v) is 1.55. The molecule has 0 unspecified atom stereocenters. The second-order valence-corrected chi connectivity index (χ2v) is 3.94. The zero-order valence-corrected chi connectivity index (χ0v) is 10.8. The van der Waals surface area contributed by atoms with Crippen LogP contribution in [0.2, 0.25) is 0 Å². The van der Waals surface area contributed by atoms with Crippen LogP contribution in [-0.2, 0) is 4.79 Å². The molecule has 0 bridgehead atoms. The first-order valence-electron chi connectivity index (χ1n) is 5.75. The fourth-order valence-electron chi connectivity index (χ4n) is 1.55. The maximum atomic E-state index is 12.1. The molecule has 0 spiro atoms. The molecule has 9 nitrogen and oxygen atoms in total. The number of amides is 2. The van der Waals surface area contributed by atoms with Gasteiger partial charge in [0.15, 0.2) is 6.20 Å². The molecule has 108 valence electrons. The van der Waals surface area contributed by atoms with Crippen molar-refractivity contribution in [3.05, 3.63) is 46.1 Å². The van der Waals surface area contributed by atoms with Crippen molar-refractivity contribution in [2.75, 3.05) is 10.6 Å². The fraction of sp³-hybridized carbons (Fsp3) is 0.0833. The Balaban J connectivity index is 2.19. The lowest BCUT2D eigenvalue weighted by molar-refractivity contribution is -0.401. The lowest BCUT2D eigenvalue weighted by atomic mass is 10.1. The number of para-hydroxylation sites is 1. The minimum atomic E-state index is -0.770. The third kappa shape index (κ3) is 3.41. The molecular weight excluding hydrogens is 280 g/mol. The largest absolute Gasteiger partial charge is 0.454 e. The van der Waals surface area contributed by atoms with Gasteiger partial charge in [0.1, 0.15) is 4.92 Å². The third-order valence-corrected chi connectivity index (χ3v) is 2.38. The van der Waals surface area contributed by atoms with Gasteiger partial charge in [0.25, 0.3) is 5.91 Å². The van der Waals surface area contributed by atoms with Crippen molar-refractivity contribution in [2.24, 2.45) is 0 Å². The van der Waals surface area contributed by atoms with Crippen LogP contribution in [0.4, 0.5) is 17.6 Å². The second-order valence-electron chi connectivity index (χ2n) is 3.94. The maximum absolute atomic E-state index is 12.1. The molecule has 1 aromatic heterocycles. The number of nitrogens with one attached hydrogen (secondary N) is 2. The zero-order valence-electron chi connectivity index (χ0n) is 10.8. The van der Waals surface area contributed by atoms with Gasteiger partial charge in [-0.05, 0) is 12.1 Å². The lowest BCUT2D eigenvalue weighted by Crippen LogP contribution is -2.16. The molecule has 0 fully saturated rings. The first-order chi connectivity index (χ1) is 9.97. The van der Waals surface area contributed by atoms with Crippen LogP contribution in [-0.4, -0.2) is 21.7 Å². The van der Waals surface area contributed by atoms with E-state index in [9.17, 15) is 19.7 Å². The summed E-state index contributed by atoms with van der Waals surface area (Å²) in [5, 5.41) is 15.2. The smallest absolute Gasteiger partial charge is 0.365 e. The Labute approximate surface area is 118 Å². The Hall–Kier alpha value is -3.23. The summed E-state index contributed by atoms with van der Waals surface area (Å²) in [5.74, 6) is -1.53. The van der Waals surface area contributed by atoms with Crippen molar-refractivity contribution in [1.29, 1.82) is 0 Å². The van der Waals surface area contributed by atoms with Crippen LogP contribution in [0, 0.1) is 10.1 Å². The van der Waals surface area contributed by atoms with Crippen molar-refractivity contribution in [1.82, 2.24) is 4.98 Å².